The minimum Gasteiger partial charge on any atom is -0.508 e. The van der Waals surface area contributed by atoms with E-state index in [1.807, 2.05) is 34.9 Å². The van der Waals surface area contributed by atoms with Crippen LogP contribution >= 0.6 is 0 Å². The first-order valence-electron chi connectivity index (χ1n) is 12.3. The molecule has 3 aromatic carbocycles. The van der Waals surface area contributed by atoms with Crippen molar-refractivity contribution in [2.45, 2.75) is 19.3 Å². The Balaban J connectivity index is 0.000000587. The number of aromatic nitrogens is 1. The Morgan fingerprint density at radius 2 is 1.61 bits per heavy atom. The van der Waals surface area contributed by atoms with Gasteiger partial charge in [-0.15, -0.1) is 0 Å². The summed E-state index contributed by atoms with van der Waals surface area (Å²) in [5.74, 6) is -2.81. The third-order valence-corrected chi connectivity index (χ3v) is 6.10. The van der Waals surface area contributed by atoms with Crippen molar-refractivity contribution < 1.29 is 33.0 Å². The van der Waals surface area contributed by atoms with Crippen molar-refractivity contribution in [2.75, 3.05) is 21.1 Å². The second-order valence-corrected chi connectivity index (χ2v) is 10.1. The van der Waals surface area contributed by atoms with E-state index in [2.05, 4.69) is 38.6 Å². The minimum atomic E-state index is -5.08. The lowest BCUT2D eigenvalue weighted by Gasteiger charge is -2.23. The molecule has 0 aliphatic rings. The molecule has 6 N–H and O–H groups in total. The first-order chi connectivity index (χ1) is 19.1. The predicted octanol–water partition coefficient (Wildman–Crippen LogP) is 4.44. The predicted molar refractivity (Wildman–Crippen MR) is 151 cm³/mol. The molecule has 0 saturated heterocycles. The van der Waals surface area contributed by atoms with Gasteiger partial charge in [-0.1, -0.05) is 30.3 Å². The number of nitrogens with zero attached hydrogens (tertiary/aromatic N) is 2. The fraction of sp³-hybridized carbons (Fsp3) is 0.207. The van der Waals surface area contributed by atoms with Crippen LogP contribution in [0.1, 0.15) is 27.2 Å². The van der Waals surface area contributed by atoms with Gasteiger partial charge in [0.05, 0.1) is 21.1 Å². The Hall–Kier alpha value is -4.84. The molecule has 0 atom stereocenters. The van der Waals surface area contributed by atoms with E-state index in [4.69, 9.17) is 21.0 Å². The number of halogens is 3. The van der Waals surface area contributed by atoms with Crippen molar-refractivity contribution in [1.29, 1.82) is 5.41 Å². The van der Waals surface area contributed by atoms with Gasteiger partial charge < -0.3 is 25.8 Å². The maximum atomic E-state index is 13.2. The van der Waals surface area contributed by atoms with Crippen LogP contribution < -0.4 is 15.5 Å². The van der Waals surface area contributed by atoms with Crippen LogP contribution in [0.25, 0.3) is 10.9 Å². The van der Waals surface area contributed by atoms with Crippen molar-refractivity contribution >= 4 is 34.3 Å². The second kappa shape index (κ2) is 12.1. The maximum absolute atomic E-state index is 13.2. The van der Waals surface area contributed by atoms with Gasteiger partial charge in [-0.2, -0.15) is 13.2 Å². The van der Waals surface area contributed by atoms with E-state index < -0.39 is 12.1 Å². The Labute approximate surface area is 234 Å². The van der Waals surface area contributed by atoms with Gasteiger partial charge in [-0.3, -0.25) is 14.7 Å². The standard InChI is InChI=1S/C27H29N5O2.C2HF3O2/c1-32(2,3)22-9-7-18(8-10-22)16-30-27(34)25-15-21-14-23(33)11-12-24(21)31(25)17-19-5-4-6-20(13-19)26(28)29;3-2(4,5)1(6)7/h4-15H,16-17H2,1-3H3,(H4-,28,29,30,33,34);(H,6,7)/p+1. The van der Waals surface area contributed by atoms with Crippen molar-refractivity contribution in [2.24, 2.45) is 5.73 Å². The van der Waals surface area contributed by atoms with Gasteiger partial charge in [0, 0.05) is 29.6 Å². The summed E-state index contributed by atoms with van der Waals surface area (Å²) in [5.41, 5.74) is 10.7. The SMILES string of the molecule is C[N+](C)(C)c1ccc(CNC(=O)c2cc3cc(O)ccc3n2Cc2cccc(C(=N)N)c2)cc1.O=C(O)C(F)(F)F. The van der Waals surface area contributed by atoms with Crippen LogP contribution in [0.5, 0.6) is 5.75 Å². The number of carboxylic acid groups (broad SMARTS) is 1. The number of aliphatic carboxylic acids is 1. The normalized spacial score (nSPS) is 11.5. The van der Waals surface area contributed by atoms with Crippen molar-refractivity contribution in [3.63, 3.8) is 0 Å². The van der Waals surface area contributed by atoms with Crippen LogP contribution in [0, 0.1) is 5.41 Å². The summed E-state index contributed by atoms with van der Waals surface area (Å²) in [7, 11) is 6.33. The highest BCUT2D eigenvalue weighted by Crippen LogP contribution is 2.26. The molecule has 0 radical (unpaired) electrons. The highest BCUT2D eigenvalue weighted by atomic mass is 19.4. The molecule has 12 heteroatoms. The summed E-state index contributed by atoms with van der Waals surface area (Å²) in [6.45, 7) is 0.833. The molecule has 9 nitrogen and oxygen atoms in total. The number of nitrogens with two attached hydrogens (primary N) is 1. The lowest BCUT2D eigenvalue weighted by Crippen LogP contribution is -2.34. The van der Waals surface area contributed by atoms with Gasteiger partial charge in [0.25, 0.3) is 5.91 Å². The average Bonchev–Trinajstić information content (AvgIpc) is 3.24. The number of carboxylic acids is 1. The number of hydrogen-bond donors (Lipinski definition) is 5. The number of aromatic hydroxyl groups is 1. The summed E-state index contributed by atoms with van der Waals surface area (Å²) in [5, 5.41) is 28.6. The quantitative estimate of drug-likeness (QED) is 0.127. The molecule has 0 aliphatic carbocycles. The number of amides is 1. The Bertz CT molecular complexity index is 1570. The van der Waals surface area contributed by atoms with Gasteiger partial charge in [-0.25, -0.2) is 4.79 Å². The zero-order valence-corrected chi connectivity index (χ0v) is 22.7. The number of amidine groups is 1. The van der Waals surface area contributed by atoms with E-state index in [1.54, 1.807) is 30.3 Å². The molecule has 0 spiro atoms. The molecule has 1 amide bonds. The van der Waals surface area contributed by atoms with E-state index in [0.717, 1.165) is 26.5 Å². The zero-order chi connectivity index (χ0) is 30.5. The number of benzene rings is 3. The highest BCUT2D eigenvalue weighted by molar-refractivity contribution is 5.99. The van der Waals surface area contributed by atoms with Crippen molar-refractivity contribution in [3.8, 4) is 5.75 Å². The van der Waals surface area contributed by atoms with Gasteiger partial charge >= 0.3 is 12.1 Å². The molecule has 4 rings (SSSR count). The van der Waals surface area contributed by atoms with E-state index in [9.17, 15) is 23.1 Å². The van der Waals surface area contributed by atoms with E-state index in [0.29, 0.717) is 24.3 Å². The molecular weight excluding hydrogens is 539 g/mol. The third kappa shape index (κ3) is 8.08. The van der Waals surface area contributed by atoms with E-state index in [1.165, 1.54) is 5.69 Å². The summed E-state index contributed by atoms with van der Waals surface area (Å²) < 4.78 is 34.4. The fourth-order valence-electron chi connectivity index (χ4n) is 3.97. The highest BCUT2D eigenvalue weighted by Gasteiger charge is 2.38. The monoisotopic (exact) mass is 570 g/mol. The van der Waals surface area contributed by atoms with Crippen LogP contribution in [0.4, 0.5) is 18.9 Å². The lowest BCUT2D eigenvalue weighted by atomic mass is 10.1. The molecule has 0 aliphatic heterocycles. The summed E-state index contributed by atoms with van der Waals surface area (Å²) in [4.78, 5) is 22.1. The first-order valence-corrected chi connectivity index (χ1v) is 12.3. The topological polar surface area (TPSA) is 141 Å². The largest absolute Gasteiger partial charge is 0.508 e. The molecule has 0 fully saturated rings. The van der Waals surface area contributed by atoms with Gasteiger partial charge in [0.1, 0.15) is 23.0 Å². The Morgan fingerprint density at radius 1 is 0.976 bits per heavy atom. The molecule has 0 saturated carbocycles. The Morgan fingerprint density at radius 3 is 2.17 bits per heavy atom. The summed E-state index contributed by atoms with van der Waals surface area (Å²) >= 11 is 0. The second-order valence-electron chi connectivity index (χ2n) is 10.1. The molecular formula is C29H31F3N5O4+. The lowest BCUT2D eigenvalue weighted by molar-refractivity contribution is -0.192. The number of nitrogen functional groups attached to an aromatic ring is 1. The van der Waals surface area contributed by atoms with Crippen LogP contribution in [-0.4, -0.2) is 59.8 Å². The fourth-order valence-corrected chi connectivity index (χ4v) is 3.97. The van der Waals surface area contributed by atoms with E-state index >= 15 is 0 Å². The molecule has 41 heavy (non-hydrogen) atoms. The van der Waals surface area contributed by atoms with Crippen LogP contribution in [-0.2, 0) is 17.9 Å². The number of rotatable bonds is 7. The van der Waals surface area contributed by atoms with Crippen molar-refractivity contribution in [1.82, 2.24) is 14.4 Å². The maximum Gasteiger partial charge on any atom is 0.490 e. The van der Waals surface area contributed by atoms with Gasteiger partial charge in [0.2, 0.25) is 0 Å². The number of hydrogen-bond acceptors (Lipinski definition) is 4. The molecule has 1 heterocycles. The number of fused-ring (bicyclic) bond motifs is 1. The first kappa shape index (κ1) is 30.7. The molecule has 0 unspecified atom stereocenters. The van der Waals surface area contributed by atoms with Crippen LogP contribution in [0.15, 0.2) is 72.8 Å². The smallest absolute Gasteiger partial charge is 0.490 e. The third-order valence-electron chi connectivity index (χ3n) is 6.10. The number of carbonyl (C=O) groups is 2. The number of phenols is 1. The summed E-state index contributed by atoms with van der Waals surface area (Å²) in [6, 6.07) is 22.5. The molecule has 1 aromatic heterocycles. The molecule has 0 bridgehead atoms. The van der Waals surface area contributed by atoms with Gasteiger partial charge in [0.15, 0.2) is 0 Å². The number of quaternary nitrogens is 1. The van der Waals surface area contributed by atoms with Crippen LogP contribution in [0.2, 0.25) is 0 Å². The number of alkyl halides is 3. The zero-order valence-electron chi connectivity index (χ0n) is 22.7. The molecule has 4 aromatic rings. The summed E-state index contributed by atoms with van der Waals surface area (Å²) in [6.07, 6.45) is -5.08. The van der Waals surface area contributed by atoms with Crippen molar-refractivity contribution in [3.05, 3.63) is 95.2 Å². The Kier molecular flexibility index (Phi) is 9.08. The van der Waals surface area contributed by atoms with Crippen LogP contribution in [0.3, 0.4) is 0 Å². The number of phenolic OH excluding ortho intramolecular Hbond substituents is 1. The number of nitrogens with one attached hydrogen (secondary N) is 2. The minimum absolute atomic E-state index is 0.00150. The van der Waals surface area contributed by atoms with E-state index in [-0.39, 0.29) is 17.5 Å². The average molecular weight is 571 g/mol. The molecule has 216 valence electrons. The van der Waals surface area contributed by atoms with Gasteiger partial charge in [-0.05, 0) is 53.6 Å². The number of carbonyl (C=O) groups excluding carboxylic acids is 1.